The molecule has 21 heavy (non-hydrogen) atoms. The van der Waals surface area contributed by atoms with E-state index in [9.17, 15) is 0 Å². The van der Waals surface area contributed by atoms with E-state index in [2.05, 4.69) is 24.3 Å². The molecule has 1 N–H and O–H groups in total. The van der Waals surface area contributed by atoms with Crippen molar-refractivity contribution >= 4 is 0 Å². The molecule has 0 aliphatic carbocycles. The molecule has 0 amide bonds. The lowest BCUT2D eigenvalue weighted by molar-refractivity contribution is 0.275. The molecule has 2 aromatic rings. The van der Waals surface area contributed by atoms with Gasteiger partial charge in [-0.2, -0.15) is 0 Å². The summed E-state index contributed by atoms with van der Waals surface area (Å²) in [4.78, 5) is 0. The molecule has 0 radical (unpaired) electrons. The van der Waals surface area contributed by atoms with E-state index in [0.717, 1.165) is 30.6 Å². The highest BCUT2D eigenvalue weighted by atomic mass is 16.5. The van der Waals surface area contributed by atoms with Crippen LogP contribution in [-0.4, -0.2) is 18.8 Å². The first-order valence-corrected chi connectivity index (χ1v) is 7.28. The van der Waals surface area contributed by atoms with E-state index in [1.54, 1.807) is 13.2 Å². The molecule has 0 bridgehead atoms. The molecule has 0 saturated carbocycles. The normalized spacial score (nSPS) is 10.4. The number of rotatable bonds is 8. The average molecular weight is 286 g/mol. The van der Waals surface area contributed by atoms with Crippen LogP contribution in [0, 0.1) is 0 Å². The Bertz CT molecular complexity index is 537. The van der Waals surface area contributed by atoms with Crippen molar-refractivity contribution in [3.8, 4) is 11.5 Å². The lowest BCUT2D eigenvalue weighted by Gasteiger charge is -2.11. The maximum absolute atomic E-state index is 9.11. The zero-order chi connectivity index (χ0) is 14.9. The second-order valence-electron chi connectivity index (χ2n) is 4.93. The Hall–Kier alpha value is -2.00. The Morgan fingerprint density at radius 3 is 2.43 bits per heavy atom. The van der Waals surface area contributed by atoms with Gasteiger partial charge in [0.25, 0.3) is 0 Å². The van der Waals surface area contributed by atoms with E-state index in [0.29, 0.717) is 12.4 Å². The van der Waals surface area contributed by atoms with Crippen molar-refractivity contribution in [2.75, 3.05) is 13.7 Å². The van der Waals surface area contributed by atoms with Crippen molar-refractivity contribution in [3.63, 3.8) is 0 Å². The largest absolute Gasteiger partial charge is 0.493 e. The summed E-state index contributed by atoms with van der Waals surface area (Å²) in [5.74, 6) is 1.40. The number of hydrogen-bond donors (Lipinski definition) is 1. The summed E-state index contributed by atoms with van der Waals surface area (Å²) in [5.41, 5.74) is 2.19. The minimum atomic E-state index is 0.00765. The van der Waals surface area contributed by atoms with Crippen LogP contribution < -0.4 is 9.47 Å². The molecule has 112 valence electrons. The third-order valence-corrected chi connectivity index (χ3v) is 3.37. The van der Waals surface area contributed by atoms with Crippen molar-refractivity contribution in [1.82, 2.24) is 0 Å². The summed E-state index contributed by atoms with van der Waals surface area (Å²) in [7, 11) is 1.61. The number of aryl methyl sites for hydroxylation is 1. The third kappa shape index (κ3) is 4.80. The smallest absolute Gasteiger partial charge is 0.161 e. The number of unbranched alkanes of at least 4 members (excludes halogenated alkanes) is 1. The van der Waals surface area contributed by atoms with Crippen LogP contribution in [0.15, 0.2) is 48.5 Å². The van der Waals surface area contributed by atoms with Crippen LogP contribution in [0.4, 0.5) is 0 Å². The fourth-order valence-corrected chi connectivity index (χ4v) is 2.19. The molecule has 0 spiro atoms. The van der Waals surface area contributed by atoms with Crippen molar-refractivity contribution < 1.29 is 14.6 Å². The minimum Gasteiger partial charge on any atom is -0.493 e. The molecule has 0 fully saturated rings. The first-order chi connectivity index (χ1) is 10.3. The zero-order valence-electron chi connectivity index (χ0n) is 12.4. The Morgan fingerprint density at radius 1 is 0.905 bits per heavy atom. The minimum absolute atomic E-state index is 0.00765. The van der Waals surface area contributed by atoms with Gasteiger partial charge in [0.2, 0.25) is 0 Å². The highest BCUT2D eigenvalue weighted by molar-refractivity contribution is 5.42. The van der Waals surface area contributed by atoms with E-state index in [-0.39, 0.29) is 6.61 Å². The monoisotopic (exact) mass is 286 g/mol. The van der Waals surface area contributed by atoms with Crippen molar-refractivity contribution in [1.29, 1.82) is 0 Å². The Balaban J connectivity index is 1.76. The molecule has 0 aromatic heterocycles. The number of methoxy groups -OCH3 is 1. The second-order valence-corrected chi connectivity index (χ2v) is 4.93. The van der Waals surface area contributed by atoms with Crippen LogP contribution in [0.25, 0.3) is 0 Å². The molecule has 3 heteroatoms. The zero-order valence-corrected chi connectivity index (χ0v) is 12.4. The van der Waals surface area contributed by atoms with Gasteiger partial charge in [-0.25, -0.2) is 0 Å². The quantitative estimate of drug-likeness (QED) is 0.754. The lowest BCUT2D eigenvalue weighted by atomic mass is 10.1. The highest BCUT2D eigenvalue weighted by Gasteiger charge is 2.05. The number of ether oxygens (including phenoxy) is 2. The maximum atomic E-state index is 9.11. The van der Waals surface area contributed by atoms with Gasteiger partial charge in [0, 0.05) is 0 Å². The molecule has 0 saturated heterocycles. The fraction of sp³-hybridized carbons (Fsp3) is 0.333. The molecule has 0 aliphatic heterocycles. The summed E-state index contributed by atoms with van der Waals surface area (Å²) in [6, 6.07) is 16.0. The number of aliphatic hydroxyl groups is 1. The first-order valence-electron chi connectivity index (χ1n) is 7.28. The van der Waals surface area contributed by atoms with Gasteiger partial charge in [-0.3, -0.25) is 0 Å². The molecule has 2 aromatic carbocycles. The van der Waals surface area contributed by atoms with Crippen molar-refractivity contribution in [2.45, 2.75) is 25.9 Å². The summed E-state index contributed by atoms with van der Waals surface area (Å²) >= 11 is 0. The lowest BCUT2D eigenvalue weighted by Crippen LogP contribution is -2.00. The van der Waals surface area contributed by atoms with E-state index < -0.39 is 0 Å². The summed E-state index contributed by atoms with van der Waals surface area (Å²) in [6.07, 6.45) is 3.17. The molecule has 2 rings (SSSR count). The van der Waals surface area contributed by atoms with Gasteiger partial charge in [0.05, 0.1) is 20.3 Å². The van der Waals surface area contributed by atoms with Crippen LogP contribution in [0.5, 0.6) is 11.5 Å². The van der Waals surface area contributed by atoms with E-state index >= 15 is 0 Å². The summed E-state index contributed by atoms with van der Waals surface area (Å²) in [5, 5.41) is 9.11. The first kappa shape index (κ1) is 15.4. The van der Waals surface area contributed by atoms with Gasteiger partial charge in [-0.05, 0) is 42.5 Å². The van der Waals surface area contributed by atoms with Crippen LogP contribution in [0.2, 0.25) is 0 Å². The molecular formula is C18H22O3. The summed E-state index contributed by atoms with van der Waals surface area (Å²) < 4.78 is 11.0. The standard InChI is InChI=1S/C18H22O3/c1-20-18-13-16(14-19)10-11-17(18)21-12-6-5-9-15-7-3-2-4-8-15/h2-4,7-8,10-11,13,19H,5-6,9,12,14H2,1H3. The van der Waals surface area contributed by atoms with Gasteiger partial charge in [-0.15, -0.1) is 0 Å². The van der Waals surface area contributed by atoms with Crippen molar-refractivity contribution in [2.24, 2.45) is 0 Å². The number of benzene rings is 2. The average Bonchev–Trinajstić information content (AvgIpc) is 2.55. The number of aliphatic hydroxyl groups excluding tert-OH is 1. The fourth-order valence-electron chi connectivity index (χ4n) is 2.19. The van der Waals surface area contributed by atoms with Crippen molar-refractivity contribution in [3.05, 3.63) is 59.7 Å². The Labute approximate surface area is 126 Å². The SMILES string of the molecule is COc1cc(CO)ccc1OCCCCc1ccccc1. The molecule has 0 heterocycles. The molecule has 0 unspecified atom stereocenters. The predicted molar refractivity (Wildman–Crippen MR) is 83.8 cm³/mol. The van der Waals surface area contributed by atoms with E-state index in [1.807, 2.05) is 18.2 Å². The van der Waals surface area contributed by atoms with Crippen LogP contribution >= 0.6 is 0 Å². The van der Waals surface area contributed by atoms with Gasteiger partial charge in [0.15, 0.2) is 11.5 Å². The Morgan fingerprint density at radius 2 is 1.71 bits per heavy atom. The van der Waals surface area contributed by atoms with Gasteiger partial charge >= 0.3 is 0 Å². The molecule has 0 aliphatic rings. The van der Waals surface area contributed by atoms with Gasteiger partial charge in [-0.1, -0.05) is 36.4 Å². The van der Waals surface area contributed by atoms with Gasteiger partial charge < -0.3 is 14.6 Å². The van der Waals surface area contributed by atoms with E-state index in [4.69, 9.17) is 14.6 Å². The highest BCUT2D eigenvalue weighted by Crippen LogP contribution is 2.28. The molecule has 3 nitrogen and oxygen atoms in total. The molecular weight excluding hydrogens is 264 g/mol. The topological polar surface area (TPSA) is 38.7 Å². The van der Waals surface area contributed by atoms with Crippen LogP contribution in [0.1, 0.15) is 24.0 Å². The summed E-state index contributed by atoms with van der Waals surface area (Å²) in [6.45, 7) is 0.676. The maximum Gasteiger partial charge on any atom is 0.161 e. The number of hydrogen-bond acceptors (Lipinski definition) is 3. The van der Waals surface area contributed by atoms with Crippen LogP contribution in [-0.2, 0) is 13.0 Å². The Kier molecular flexibility index (Phi) is 6.10. The van der Waals surface area contributed by atoms with Crippen LogP contribution in [0.3, 0.4) is 0 Å². The predicted octanol–water partition coefficient (Wildman–Crippen LogP) is 3.59. The van der Waals surface area contributed by atoms with E-state index in [1.165, 1.54) is 5.56 Å². The molecule has 0 atom stereocenters. The second kappa shape index (κ2) is 8.32. The third-order valence-electron chi connectivity index (χ3n) is 3.37. The van der Waals surface area contributed by atoms with Gasteiger partial charge in [0.1, 0.15) is 0 Å².